The number of nitrogens with zero attached hydrogens (tertiary/aromatic N) is 3. The lowest BCUT2D eigenvalue weighted by molar-refractivity contribution is -0.746. The van der Waals surface area contributed by atoms with Crippen LogP contribution in [0.1, 0.15) is 6.23 Å². The molecular weight excluding hydrogens is 654 g/mol. The molecule has 3 heterocycles. The third-order valence-electron chi connectivity index (χ3n) is 5.36. The molecule has 1 fully saturated rings. The number of rotatable bonds is 8. The molecule has 5 atom stereocenters. The minimum atomic E-state index is -5.08. The van der Waals surface area contributed by atoms with Crippen molar-refractivity contribution in [1.29, 1.82) is 0 Å². The van der Waals surface area contributed by atoms with Gasteiger partial charge in [-0.2, -0.15) is 13.2 Å². The SMILES string of the molecule is Nc1nc2c(c(=O)[nH]1)n(CCOc1ccc(Br)cc1)c[n+]2[C@@H]1O[C@H](COP(=O)([O-])O)[C@@H](O)[C@H]1O.O=C(O)C(F)(F)F. The lowest BCUT2D eigenvalue weighted by atomic mass is 10.1. The van der Waals surface area contributed by atoms with Gasteiger partial charge in [0.25, 0.3) is 19.3 Å². The van der Waals surface area contributed by atoms with Crippen LogP contribution in [0.3, 0.4) is 0 Å². The number of halogens is 4. The van der Waals surface area contributed by atoms with Crippen LogP contribution in [-0.4, -0.2) is 78.4 Å². The van der Waals surface area contributed by atoms with E-state index in [1.54, 1.807) is 12.1 Å². The summed E-state index contributed by atoms with van der Waals surface area (Å²) in [6, 6.07) is 7.18. The van der Waals surface area contributed by atoms with Crippen molar-refractivity contribution in [3.8, 4) is 5.75 Å². The van der Waals surface area contributed by atoms with E-state index >= 15 is 0 Å². The third-order valence-corrected chi connectivity index (χ3v) is 6.36. The summed E-state index contributed by atoms with van der Waals surface area (Å²) in [6.45, 7) is -0.351. The zero-order chi connectivity index (χ0) is 30.7. The number of benzene rings is 1. The number of imidazole rings is 1. The fourth-order valence-electron chi connectivity index (χ4n) is 3.59. The molecule has 1 aliphatic rings. The second-order valence-corrected chi connectivity index (χ2v) is 10.4. The third kappa shape index (κ3) is 8.46. The maximum absolute atomic E-state index is 12.6. The number of phosphoric acid groups is 1. The molecule has 1 aromatic carbocycles. The van der Waals surface area contributed by atoms with Gasteiger partial charge in [-0.1, -0.05) is 20.9 Å². The summed E-state index contributed by atoms with van der Waals surface area (Å²) in [5, 5.41) is 27.9. The molecule has 0 saturated carbocycles. The van der Waals surface area contributed by atoms with Crippen molar-refractivity contribution < 1.29 is 66.2 Å². The Labute approximate surface area is 235 Å². The Morgan fingerprint density at radius 1 is 1.29 bits per heavy atom. The molecule has 0 amide bonds. The monoisotopic (exact) mass is 675 g/mol. The van der Waals surface area contributed by atoms with E-state index in [9.17, 15) is 37.6 Å². The second-order valence-electron chi connectivity index (χ2n) is 8.26. The summed E-state index contributed by atoms with van der Waals surface area (Å²) < 4.78 is 61.9. The molecule has 1 unspecified atom stereocenters. The highest BCUT2D eigenvalue weighted by molar-refractivity contribution is 9.10. The average Bonchev–Trinajstić information content (AvgIpc) is 3.35. The van der Waals surface area contributed by atoms with Crippen molar-refractivity contribution in [2.75, 3.05) is 18.9 Å². The Hall–Kier alpha value is -3.10. The molecule has 0 aliphatic carbocycles. The van der Waals surface area contributed by atoms with Crippen LogP contribution < -0.4 is 25.5 Å². The quantitative estimate of drug-likeness (QED) is 0.126. The topological polar surface area (TPSA) is 246 Å². The number of fused-ring (bicyclic) bond motifs is 1. The number of carboxylic acids is 1. The average molecular weight is 676 g/mol. The van der Waals surface area contributed by atoms with Crippen molar-refractivity contribution in [3.63, 3.8) is 0 Å². The summed E-state index contributed by atoms with van der Waals surface area (Å²) in [7, 11) is -5.07. The smallest absolute Gasteiger partial charge is 0.490 e. The predicted octanol–water partition coefficient (Wildman–Crippen LogP) is -0.834. The number of ether oxygens (including phenoxy) is 2. The van der Waals surface area contributed by atoms with Crippen molar-refractivity contribution in [2.45, 2.75) is 37.3 Å². The van der Waals surface area contributed by atoms with Crippen molar-refractivity contribution >= 4 is 46.8 Å². The van der Waals surface area contributed by atoms with Gasteiger partial charge in [0.05, 0.1) is 6.61 Å². The summed E-state index contributed by atoms with van der Waals surface area (Å²) in [6.07, 6.45) is -9.30. The molecule has 1 saturated heterocycles. The number of carboxylic acid groups (broad SMARTS) is 1. The Kier molecular flexibility index (Phi) is 10.1. The van der Waals surface area contributed by atoms with Crippen LogP contribution in [0, 0.1) is 0 Å². The number of carbonyl (C=O) groups is 1. The van der Waals surface area contributed by atoms with Gasteiger partial charge < -0.3 is 44.8 Å². The highest BCUT2D eigenvalue weighted by Crippen LogP contribution is 2.34. The molecule has 3 aromatic rings. The molecule has 21 heteroatoms. The van der Waals surface area contributed by atoms with Gasteiger partial charge in [-0.3, -0.25) is 18.9 Å². The van der Waals surface area contributed by atoms with Gasteiger partial charge in [0, 0.05) is 4.47 Å². The van der Waals surface area contributed by atoms with Gasteiger partial charge >= 0.3 is 17.8 Å². The number of aromatic amines is 1. The summed E-state index contributed by atoms with van der Waals surface area (Å²) in [5.41, 5.74) is 5.30. The molecule has 16 nitrogen and oxygen atoms in total. The van der Waals surface area contributed by atoms with Crippen molar-refractivity contribution in [2.24, 2.45) is 0 Å². The number of hydrogen-bond donors (Lipinski definition) is 6. The minimum absolute atomic E-state index is 0.0550. The van der Waals surface area contributed by atoms with Crippen LogP contribution >= 0.6 is 23.8 Å². The number of alkyl halides is 3. The first-order valence-electron chi connectivity index (χ1n) is 11.2. The van der Waals surface area contributed by atoms with E-state index in [4.69, 9.17) is 30.0 Å². The number of nitrogen functional groups attached to an aromatic ring is 1. The van der Waals surface area contributed by atoms with Crippen LogP contribution in [-0.2, 0) is 25.2 Å². The number of nitrogens with two attached hydrogens (primary N) is 1. The van der Waals surface area contributed by atoms with E-state index < -0.39 is 56.7 Å². The van der Waals surface area contributed by atoms with Crippen LogP contribution in [0.25, 0.3) is 11.2 Å². The van der Waals surface area contributed by atoms with Gasteiger partial charge in [0.1, 0.15) is 37.2 Å². The standard InChI is InChI=1S/C18H21BrN5O9P.C2HF3O2/c19-9-1-3-10(4-2-9)31-6-5-23-8-24(15-12(23)16(27)22-18(20)21-15)17-14(26)13(25)11(33-17)7-32-34(28,29)30;3-2(4,5)1(6)7/h1-4,8,11,13-14,17,25-26H,5-7H2,(H4-,20,21,22,27,28,29,30);(H,6,7)/t11-,13-,14-,17-;/m1./s1. The molecule has 4 rings (SSSR count). The molecule has 0 spiro atoms. The summed E-state index contributed by atoms with van der Waals surface area (Å²) in [5.74, 6) is -2.33. The zero-order valence-electron chi connectivity index (χ0n) is 20.3. The molecule has 2 aromatic heterocycles. The number of aromatic nitrogens is 4. The Morgan fingerprint density at radius 3 is 2.46 bits per heavy atom. The fraction of sp³-hybridized carbons (Fsp3) is 0.400. The van der Waals surface area contributed by atoms with Gasteiger partial charge in [-0.15, -0.1) is 0 Å². The summed E-state index contributed by atoms with van der Waals surface area (Å²) in [4.78, 5) is 47.7. The molecule has 0 radical (unpaired) electrons. The maximum Gasteiger partial charge on any atom is 0.490 e. The Balaban J connectivity index is 0.000000587. The first-order chi connectivity index (χ1) is 19.0. The number of aliphatic hydroxyl groups is 2. The number of hydrogen-bond acceptors (Lipinski definition) is 11. The van der Waals surface area contributed by atoms with Crippen LogP contribution in [0.4, 0.5) is 19.1 Å². The number of phosphoric ester groups is 1. The van der Waals surface area contributed by atoms with Crippen LogP contribution in [0.5, 0.6) is 5.75 Å². The lowest BCUT2D eigenvalue weighted by Gasteiger charge is -2.19. The van der Waals surface area contributed by atoms with Crippen molar-refractivity contribution in [3.05, 3.63) is 45.4 Å². The molecule has 41 heavy (non-hydrogen) atoms. The van der Waals surface area contributed by atoms with E-state index in [1.165, 1.54) is 15.5 Å². The minimum Gasteiger partial charge on any atom is -0.756 e. The highest BCUT2D eigenvalue weighted by atomic mass is 79.9. The second kappa shape index (κ2) is 12.8. The number of aliphatic carboxylic acids is 1. The number of anilines is 1. The summed E-state index contributed by atoms with van der Waals surface area (Å²) >= 11 is 3.34. The Morgan fingerprint density at radius 2 is 1.90 bits per heavy atom. The molecule has 1 aliphatic heterocycles. The number of H-pyrrole nitrogens is 1. The number of aliphatic hydroxyl groups excluding tert-OH is 2. The predicted molar refractivity (Wildman–Crippen MR) is 130 cm³/mol. The van der Waals surface area contributed by atoms with E-state index in [-0.39, 0.29) is 30.3 Å². The normalized spacial score (nSPS) is 22.1. The fourth-order valence-corrected chi connectivity index (χ4v) is 4.19. The van der Waals surface area contributed by atoms with E-state index in [1.807, 2.05) is 12.1 Å². The van der Waals surface area contributed by atoms with Gasteiger partial charge in [0.15, 0.2) is 6.33 Å². The molecule has 7 N–H and O–H groups in total. The van der Waals surface area contributed by atoms with E-state index in [0.29, 0.717) is 5.75 Å². The molecular formula is C20H22BrF3N5O11P. The first-order valence-corrected chi connectivity index (χ1v) is 13.4. The van der Waals surface area contributed by atoms with Gasteiger partial charge in [-0.25, -0.2) is 9.36 Å². The number of nitrogens with one attached hydrogen (secondary N) is 1. The maximum atomic E-state index is 12.6. The van der Waals surface area contributed by atoms with Crippen LogP contribution in [0.15, 0.2) is 39.9 Å². The first kappa shape index (κ1) is 32.4. The van der Waals surface area contributed by atoms with Crippen molar-refractivity contribution in [1.82, 2.24) is 14.5 Å². The van der Waals surface area contributed by atoms with Gasteiger partial charge in [-0.05, 0) is 24.3 Å². The highest BCUT2D eigenvalue weighted by Gasteiger charge is 2.47. The lowest BCUT2D eigenvalue weighted by Crippen LogP contribution is -2.46. The van der Waals surface area contributed by atoms with E-state index in [2.05, 4.69) is 30.4 Å². The molecule has 226 valence electrons. The van der Waals surface area contributed by atoms with E-state index in [0.717, 1.165) is 4.47 Å². The largest absolute Gasteiger partial charge is 0.756 e. The molecule has 0 bridgehead atoms. The zero-order valence-corrected chi connectivity index (χ0v) is 22.8. The van der Waals surface area contributed by atoms with Gasteiger partial charge in [0.2, 0.25) is 11.7 Å². The van der Waals surface area contributed by atoms with Crippen LogP contribution in [0.2, 0.25) is 0 Å². The Bertz CT molecular complexity index is 1480.